The van der Waals surface area contributed by atoms with E-state index in [0.29, 0.717) is 18.0 Å². The number of carboxylic acid groups (broad SMARTS) is 1. The molecule has 1 N–H and O–H groups in total. The average molecular weight is 293 g/mol. The van der Waals surface area contributed by atoms with E-state index in [2.05, 4.69) is 11.8 Å². The molecule has 1 aromatic carbocycles. The maximum atomic E-state index is 11.1. The molecule has 0 bridgehead atoms. The lowest BCUT2D eigenvalue weighted by atomic mass is 9.95. The number of ether oxygens (including phenoxy) is 2. The predicted molar refractivity (Wildman–Crippen MR) is 79.8 cm³/mol. The highest BCUT2D eigenvalue weighted by Crippen LogP contribution is 2.25. The van der Waals surface area contributed by atoms with Gasteiger partial charge < -0.3 is 14.6 Å². The van der Waals surface area contributed by atoms with E-state index in [1.807, 2.05) is 0 Å². The first-order valence-corrected chi connectivity index (χ1v) is 7.20. The largest absolute Gasteiger partial charge is 0.496 e. The van der Waals surface area contributed by atoms with Crippen LogP contribution in [0.2, 0.25) is 0 Å². The number of carboxylic acids is 1. The molecule has 2 unspecified atom stereocenters. The van der Waals surface area contributed by atoms with Crippen molar-refractivity contribution in [2.75, 3.05) is 27.3 Å². The van der Waals surface area contributed by atoms with Crippen molar-refractivity contribution in [1.82, 2.24) is 4.90 Å². The summed E-state index contributed by atoms with van der Waals surface area (Å²) in [6, 6.07) is 4.99. The zero-order valence-corrected chi connectivity index (χ0v) is 12.8. The first-order chi connectivity index (χ1) is 10.0. The van der Waals surface area contributed by atoms with Gasteiger partial charge in [-0.2, -0.15) is 0 Å². The first kappa shape index (κ1) is 15.8. The number of hydrogen-bond donors (Lipinski definition) is 1. The van der Waals surface area contributed by atoms with Gasteiger partial charge >= 0.3 is 5.97 Å². The summed E-state index contributed by atoms with van der Waals surface area (Å²) in [6.07, 6.45) is 1.31. The maximum absolute atomic E-state index is 11.1. The lowest BCUT2D eigenvalue weighted by Gasteiger charge is -2.36. The summed E-state index contributed by atoms with van der Waals surface area (Å²) in [6.45, 7) is 4.73. The number of nitrogens with zero attached hydrogens (tertiary/aromatic N) is 1. The molecule has 5 nitrogen and oxygen atoms in total. The van der Waals surface area contributed by atoms with Gasteiger partial charge in [-0.05, 0) is 37.1 Å². The molecule has 0 spiro atoms. The first-order valence-electron chi connectivity index (χ1n) is 7.20. The van der Waals surface area contributed by atoms with Gasteiger partial charge in [-0.1, -0.05) is 6.92 Å². The minimum absolute atomic E-state index is 0.229. The Labute approximate surface area is 125 Å². The molecule has 2 atom stereocenters. The van der Waals surface area contributed by atoms with E-state index in [0.717, 1.165) is 30.8 Å². The number of aromatic carboxylic acids is 1. The molecule has 2 rings (SSSR count). The molecule has 1 aliphatic rings. The molecule has 0 aromatic heterocycles. The highest BCUT2D eigenvalue weighted by molar-refractivity contribution is 5.88. The van der Waals surface area contributed by atoms with E-state index in [1.54, 1.807) is 32.4 Å². The van der Waals surface area contributed by atoms with Crippen LogP contribution in [-0.2, 0) is 11.3 Å². The molecule has 21 heavy (non-hydrogen) atoms. The Balaban J connectivity index is 2.14. The van der Waals surface area contributed by atoms with E-state index in [1.165, 1.54) is 0 Å². The van der Waals surface area contributed by atoms with Gasteiger partial charge in [0.25, 0.3) is 0 Å². The van der Waals surface area contributed by atoms with Crippen LogP contribution in [0, 0.1) is 5.92 Å². The predicted octanol–water partition coefficient (Wildman–Crippen LogP) is 2.25. The Morgan fingerprint density at radius 3 is 2.81 bits per heavy atom. The summed E-state index contributed by atoms with van der Waals surface area (Å²) < 4.78 is 10.9. The Morgan fingerprint density at radius 1 is 1.43 bits per heavy atom. The van der Waals surface area contributed by atoms with E-state index >= 15 is 0 Å². The fourth-order valence-electron chi connectivity index (χ4n) is 2.82. The molecule has 0 radical (unpaired) electrons. The van der Waals surface area contributed by atoms with Crippen LogP contribution in [0.4, 0.5) is 0 Å². The fourth-order valence-corrected chi connectivity index (χ4v) is 2.82. The summed E-state index contributed by atoms with van der Waals surface area (Å²) in [7, 11) is 3.35. The lowest BCUT2D eigenvalue weighted by molar-refractivity contribution is -0.00763. The van der Waals surface area contributed by atoms with Crippen molar-refractivity contribution >= 4 is 5.97 Å². The smallest absolute Gasteiger partial charge is 0.335 e. The van der Waals surface area contributed by atoms with Gasteiger partial charge in [0.05, 0.1) is 18.8 Å². The molecular formula is C16H23NO4. The Morgan fingerprint density at radius 2 is 2.19 bits per heavy atom. The third kappa shape index (κ3) is 3.74. The second-order valence-corrected chi connectivity index (χ2v) is 5.61. The molecule has 116 valence electrons. The number of likely N-dealkylation sites (tertiary alicyclic amines) is 1. The summed E-state index contributed by atoms with van der Waals surface area (Å²) in [4.78, 5) is 13.4. The molecule has 1 aliphatic heterocycles. The minimum atomic E-state index is -0.916. The zero-order valence-electron chi connectivity index (χ0n) is 12.8. The van der Waals surface area contributed by atoms with Crippen molar-refractivity contribution < 1.29 is 19.4 Å². The molecule has 0 aliphatic carbocycles. The number of benzene rings is 1. The van der Waals surface area contributed by atoms with Gasteiger partial charge in [0.15, 0.2) is 0 Å². The number of piperidine rings is 1. The molecule has 0 amide bonds. The number of hydrogen-bond acceptors (Lipinski definition) is 4. The van der Waals surface area contributed by atoms with Gasteiger partial charge in [0.1, 0.15) is 5.75 Å². The summed E-state index contributed by atoms with van der Waals surface area (Å²) in [5.74, 6) is 0.368. The Hall–Kier alpha value is -1.59. The molecule has 0 saturated carbocycles. The Bertz CT molecular complexity index is 503. The van der Waals surface area contributed by atoms with E-state index in [-0.39, 0.29) is 6.10 Å². The lowest BCUT2D eigenvalue weighted by Crippen LogP contribution is -2.43. The quantitative estimate of drug-likeness (QED) is 0.902. The van der Waals surface area contributed by atoms with Crippen LogP contribution in [0.25, 0.3) is 0 Å². The molecule has 1 aromatic rings. The van der Waals surface area contributed by atoms with Crippen LogP contribution >= 0.6 is 0 Å². The molecule has 1 heterocycles. The van der Waals surface area contributed by atoms with E-state index in [9.17, 15) is 4.79 Å². The molecule has 5 heteroatoms. The highest BCUT2D eigenvalue weighted by atomic mass is 16.5. The minimum Gasteiger partial charge on any atom is -0.496 e. The van der Waals surface area contributed by atoms with E-state index in [4.69, 9.17) is 14.6 Å². The monoisotopic (exact) mass is 293 g/mol. The normalized spacial score (nSPS) is 23.0. The van der Waals surface area contributed by atoms with Crippen molar-refractivity contribution in [3.05, 3.63) is 29.3 Å². The maximum Gasteiger partial charge on any atom is 0.335 e. The summed E-state index contributed by atoms with van der Waals surface area (Å²) >= 11 is 0. The number of rotatable bonds is 5. The van der Waals surface area contributed by atoms with Crippen molar-refractivity contribution in [2.45, 2.75) is 26.0 Å². The van der Waals surface area contributed by atoms with Gasteiger partial charge in [-0.15, -0.1) is 0 Å². The topological polar surface area (TPSA) is 59.0 Å². The molecule has 1 saturated heterocycles. The van der Waals surface area contributed by atoms with Crippen molar-refractivity contribution in [3.8, 4) is 5.75 Å². The van der Waals surface area contributed by atoms with Gasteiger partial charge in [0.2, 0.25) is 0 Å². The fraction of sp³-hybridized carbons (Fsp3) is 0.562. The standard InChI is InChI=1S/C16H23NO4/c1-11-6-7-17(10-15(11)21-3)9-13-8-12(16(18)19)4-5-14(13)20-2/h4-5,8,11,15H,6-7,9-10H2,1-3H3,(H,18,19). The van der Waals surface area contributed by atoms with Crippen LogP contribution in [0.15, 0.2) is 18.2 Å². The number of methoxy groups -OCH3 is 2. The van der Waals surface area contributed by atoms with Crippen molar-refractivity contribution in [2.24, 2.45) is 5.92 Å². The van der Waals surface area contributed by atoms with Gasteiger partial charge in [0, 0.05) is 25.8 Å². The van der Waals surface area contributed by atoms with Crippen LogP contribution < -0.4 is 4.74 Å². The van der Waals surface area contributed by atoms with Crippen LogP contribution in [0.1, 0.15) is 29.3 Å². The van der Waals surface area contributed by atoms with Crippen molar-refractivity contribution in [1.29, 1.82) is 0 Å². The highest BCUT2D eigenvalue weighted by Gasteiger charge is 2.26. The SMILES string of the molecule is COc1ccc(C(=O)O)cc1CN1CCC(C)C(OC)C1. The number of carbonyl (C=O) groups is 1. The average Bonchev–Trinajstić information content (AvgIpc) is 2.49. The van der Waals surface area contributed by atoms with Crippen LogP contribution in [0.5, 0.6) is 5.75 Å². The third-order valence-electron chi connectivity index (χ3n) is 4.20. The van der Waals surface area contributed by atoms with Crippen LogP contribution in [0.3, 0.4) is 0 Å². The zero-order chi connectivity index (χ0) is 15.4. The van der Waals surface area contributed by atoms with Crippen LogP contribution in [-0.4, -0.2) is 49.4 Å². The van der Waals surface area contributed by atoms with Crippen molar-refractivity contribution in [3.63, 3.8) is 0 Å². The Kier molecular flexibility index (Phi) is 5.20. The summed E-state index contributed by atoms with van der Waals surface area (Å²) in [5.41, 5.74) is 1.20. The molecular weight excluding hydrogens is 270 g/mol. The van der Waals surface area contributed by atoms with Gasteiger partial charge in [-0.25, -0.2) is 4.79 Å². The van der Waals surface area contributed by atoms with Gasteiger partial charge in [-0.3, -0.25) is 4.90 Å². The summed E-state index contributed by atoms with van der Waals surface area (Å²) in [5, 5.41) is 9.12. The second kappa shape index (κ2) is 6.91. The molecule has 1 fully saturated rings. The van der Waals surface area contributed by atoms with E-state index < -0.39 is 5.97 Å². The second-order valence-electron chi connectivity index (χ2n) is 5.61. The third-order valence-corrected chi connectivity index (χ3v) is 4.20.